The van der Waals surface area contributed by atoms with Crippen LogP contribution in [0.4, 0.5) is 26.3 Å². The Morgan fingerprint density at radius 2 is 1.71 bits per heavy atom. The molecule has 2 saturated carbocycles. The fourth-order valence-corrected chi connectivity index (χ4v) is 5.12. The first-order valence-electron chi connectivity index (χ1n) is 12.8. The molecule has 38 heavy (non-hydrogen) atoms. The summed E-state index contributed by atoms with van der Waals surface area (Å²) in [4.78, 5) is 12.5. The third kappa shape index (κ3) is 7.65. The molecular weight excluding hydrogens is 512 g/mol. The molecule has 2 aromatic carbocycles. The number of hydrogen-bond acceptors (Lipinski definition) is 3. The largest absolute Gasteiger partial charge is 0.490 e. The molecular formula is C28H31F6NO3. The highest BCUT2D eigenvalue weighted by atomic mass is 19.4. The van der Waals surface area contributed by atoms with Crippen molar-refractivity contribution in [2.45, 2.75) is 76.4 Å². The molecule has 208 valence electrons. The summed E-state index contributed by atoms with van der Waals surface area (Å²) in [6, 6.07) is 8.83. The average Bonchev–Trinajstić information content (AvgIpc) is 3.64. The highest BCUT2D eigenvalue weighted by molar-refractivity contribution is 5.67. The van der Waals surface area contributed by atoms with Gasteiger partial charge in [-0.25, -0.2) is 0 Å². The Balaban J connectivity index is 0.00000105. The number of benzene rings is 2. The molecule has 10 heteroatoms. The lowest BCUT2D eigenvalue weighted by atomic mass is 9.66. The predicted molar refractivity (Wildman–Crippen MR) is 129 cm³/mol. The number of halogens is 6. The molecule has 3 fully saturated rings. The standard InChI is InChI=1S/C25H25F6NO3.C3H6/c26-24(27,28)18-5-6-21(25(29,30)31)17(11-18)14-32-9-8-23(15-32)12-20(13-23)35-19-3-1-2-16(10-19)4-7-22(33)34;1-2-3-1/h1-3,5-6,10-11,20H,4,7-9,12-15H2,(H,33,34);1-3H2. The topological polar surface area (TPSA) is 49.8 Å². The smallest absolute Gasteiger partial charge is 0.416 e. The molecule has 1 saturated heterocycles. The van der Waals surface area contributed by atoms with E-state index in [1.54, 1.807) is 23.1 Å². The van der Waals surface area contributed by atoms with Crippen LogP contribution in [-0.4, -0.2) is 35.2 Å². The first-order valence-corrected chi connectivity index (χ1v) is 12.8. The van der Waals surface area contributed by atoms with Crippen molar-refractivity contribution in [1.29, 1.82) is 0 Å². The molecule has 1 spiro atoms. The van der Waals surface area contributed by atoms with E-state index in [1.165, 1.54) is 19.3 Å². The number of aryl methyl sites for hydroxylation is 1. The van der Waals surface area contributed by atoms with Crippen LogP contribution in [0.1, 0.15) is 67.2 Å². The van der Waals surface area contributed by atoms with Crippen molar-refractivity contribution < 1.29 is 41.0 Å². The molecule has 0 radical (unpaired) electrons. The van der Waals surface area contributed by atoms with Gasteiger partial charge in [-0.15, -0.1) is 0 Å². The van der Waals surface area contributed by atoms with Crippen LogP contribution >= 0.6 is 0 Å². The van der Waals surface area contributed by atoms with Crippen LogP contribution in [0.2, 0.25) is 0 Å². The minimum absolute atomic E-state index is 0.0216. The third-order valence-electron chi connectivity index (χ3n) is 7.15. The minimum Gasteiger partial charge on any atom is -0.490 e. The number of carboxylic acid groups (broad SMARTS) is 1. The van der Waals surface area contributed by atoms with Gasteiger partial charge < -0.3 is 9.84 Å². The van der Waals surface area contributed by atoms with Crippen LogP contribution < -0.4 is 4.74 Å². The molecule has 0 unspecified atom stereocenters. The Hall–Kier alpha value is -2.75. The first-order chi connectivity index (χ1) is 17.8. The molecule has 0 atom stereocenters. The van der Waals surface area contributed by atoms with E-state index in [-0.39, 0.29) is 30.0 Å². The number of carbonyl (C=O) groups is 1. The van der Waals surface area contributed by atoms with Gasteiger partial charge in [0.05, 0.1) is 17.2 Å². The third-order valence-corrected chi connectivity index (χ3v) is 7.15. The zero-order valence-corrected chi connectivity index (χ0v) is 20.9. The molecule has 1 N–H and O–H groups in total. The van der Waals surface area contributed by atoms with Gasteiger partial charge in [0.2, 0.25) is 0 Å². The second-order valence-electron chi connectivity index (χ2n) is 10.6. The number of likely N-dealkylation sites (tertiary alicyclic amines) is 1. The van der Waals surface area contributed by atoms with Crippen molar-refractivity contribution in [2.24, 2.45) is 5.41 Å². The van der Waals surface area contributed by atoms with Crippen molar-refractivity contribution in [1.82, 2.24) is 4.90 Å². The number of aliphatic carboxylic acids is 1. The van der Waals surface area contributed by atoms with Gasteiger partial charge in [-0.05, 0) is 79.1 Å². The zero-order valence-electron chi connectivity index (χ0n) is 20.9. The van der Waals surface area contributed by atoms with E-state index in [1.807, 2.05) is 6.07 Å². The van der Waals surface area contributed by atoms with Gasteiger partial charge >= 0.3 is 18.3 Å². The number of carboxylic acids is 1. The molecule has 0 amide bonds. The van der Waals surface area contributed by atoms with Crippen LogP contribution in [0.15, 0.2) is 42.5 Å². The van der Waals surface area contributed by atoms with E-state index in [2.05, 4.69) is 0 Å². The van der Waals surface area contributed by atoms with E-state index in [4.69, 9.17) is 9.84 Å². The Morgan fingerprint density at radius 3 is 2.32 bits per heavy atom. The molecule has 5 rings (SSSR count). The molecule has 1 aliphatic heterocycles. The second-order valence-corrected chi connectivity index (χ2v) is 10.6. The molecule has 1 heterocycles. The second kappa shape index (κ2) is 11.2. The molecule has 0 aromatic heterocycles. The van der Waals surface area contributed by atoms with E-state index in [0.29, 0.717) is 56.3 Å². The molecule has 0 bridgehead atoms. The van der Waals surface area contributed by atoms with Crippen LogP contribution in [0.5, 0.6) is 5.75 Å². The van der Waals surface area contributed by atoms with Crippen molar-refractivity contribution in [3.63, 3.8) is 0 Å². The maximum Gasteiger partial charge on any atom is 0.416 e. The van der Waals surface area contributed by atoms with Crippen LogP contribution in [0.3, 0.4) is 0 Å². The maximum absolute atomic E-state index is 13.4. The first kappa shape index (κ1) is 28.3. The zero-order chi connectivity index (χ0) is 27.6. The summed E-state index contributed by atoms with van der Waals surface area (Å²) < 4.78 is 85.5. The quantitative estimate of drug-likeness (QED) is 0.371. The molecule has 4 nitrogen and oxygen atoms in total. The van der Waals surface area contributed by atoms with Gasteiger partial charge in [0.15, 0.2) is 0 Å². The highest BCUT2D eigenvalue weighted by Crippen LogP contribution is 2.50. The summed E-state index contributed by atoms with van der Waals surface area (Å²) in [6.07, 6.45) is -2.44. The van der Waals surface area contributed by atoms with E-state index >= 15 is 0 Å². The molecule has 2 aromatic rings. The van der Waals surface area contributed by atoms with Gasteiger partial charge in [0, 0.05) is 19.5 Å². The van der Waals surface area contributed by atoms with Crippen molar-refractivity contribution in [2.75, 3.05) is 13.1 Å². The SMILES string of the molecule is C1CC1.O=C(O)CCc1cccc(OC2CC3(CCN(Cc4cc(C(F)(F)F)ccc4C(F)(F)F)C3)C2)c1. The minimum atomic E-state index is -4.73. The van der Waals surface area contributed by atoms with Gasteiger partial charge in [-0.1, -0.05) is 31.4 Å². The molecule has 3 aliphatic rings. The summed E-state index contributed by atoms with van der Waals surface area (Å²) >= 11 is 0. The number of nitrogens with zero attached hydrogens (tertiary/aromatic N) is 1. The van der Waals surface area contributed by atoms with Gasteiger partial charge in [-0.2, -0.15) is 26.3 Å². The number of alkyl halides is 6. The monoisotopic (exact) mass is 543 g/mol. The number of ether oxygens (including phenoxy) is 1. The average molecular weight is 544 g/mol. The lowest BCUT2D eigenvalue weighted by molar-refractivity contribution is -0.142. The summed E-state index contributed by atoms with van der Waals surface area (Å²) in [5, 5.41) is 8.83. The Labute approximate surface area is 217 Å². The van der Waals surface area contributed by atoms with Gasteiger partial charge in [-0.3, -0.25) is 9.69 Å². The van der Waals surface area contributed by atoms with E-state index in [0.717, 1.165) is 12.0 Å². The van der Waals surface area contributed by atoms with Crippen LogP contribution in [-0.2, 0) is 30.1 Å². The van der Waals surface area contributed by atoms with E-state index in [9.17, 15) is 31.1 Å². The predicted octanol–water partition coefficient (Wildman–Crippen LogP) is 7.35. The van der Waals surface area contributed by atoms with Crippen molar-refractivity contribution in [3.8, 4) is 5.75 Å². The number of hydrogen-bond donors (Lipinski definition) is 1. The summed E-state index contributed by atoms with van der Waals surface area (Å²) in [7, 11) is 0. The Bertz CT molecular complexity index is 1120. The van der Waals surface area contributed by atoms with Crippen LogP contribution in [0.25, 0.3) is 0 Å². The fraction of sp³-hybridized carbons (Fsp3) is 0.536. The maximum atomic E-state index is 13.4. The highest BCUT2D eigenvalue weighted by Gasteiger charge is 2.50. The fourth-order valence-electron chi connectivity index (χ4n) is 5.12. The lowest BCUT2D eigenvalue weighted by Gasteiger charge is -2.45. The van der Waals surface area contributed by atoms with Gasteiger partial charge in [0.1, 0.15) is 5.75 Å². The van der Waals surface area contributed by atoms with Crippen molar-refractivity contribution >= 4 is 5.97 Å². The summed E-state index contributed by atoms with van der Waals surface area (Å²) in [6.45, 7) is 0.807. The lowest BCUT2D eigenvalue weighted by Crippen LogP contribution is -2.45. The number of rotatable bonds is 7. The molecule has 2 aliphatic carbocycles. The Kier molecular flexibility index (Phi) is 8.30. The summed E-state index contributed by atoms with van der Waals surface area (Å²) in [5.41, 5.74) is -1.76. The van der Waals surface area contributed by atoms with Crippen molar-refractivity contribution in [3.05, 3.63) is 64.7 Å². The van der Waals surface area contributed by atoms with Crippen LogP contribution in [0, 0.1) is 5.41 Å². The summed E-state index contributed by atoms with van der Waals surface area (Å²) in [5.74, 6) is -0.239. The normalized spacial score (nSPS) is 22.9. The Morgan fingerprint density at radius 1 is 1.00 bits per heavy atom. The van der Waals surface area contributed by atoms with E-state index < -0.39 is 29.4 Å². The van der Waals surface area contributed by atoms with Gasteiger partial charge in [0.25, 0.3) is 0 Å².